The molecule has 6 heteroatoms. The van der Waals surface area contributed by atoms with Gasteiger partial charge in [-0.25, -0.2) is 0 Å². The van der Waals surface area contributed by atoms with Gasteiger partial charge in [0.25, 0.3) is 5.91 Å². The third-order valence-electron chi connectivity index (χ3n) is 5.18. The minimum Gasteiger partial charge on any atom is -0.390 e. The van der Waals surface area contributed by atoms with E-state index in [2.05, 4.69) is 29.1 Å². The van der Waals surface area contributed by atoms with Crippen LogP contribution >= 0.6 is 0 Å². The van der Waals surface area contributed by atoms with Crippen molar-refractivity contribution in [3.8, 4) is 11.1 Å². The summed E-state index contributed by atoms with van der Waals surface area (Å²) in [4.78, 5) is 20.6. The van der Waals surface area contributed by atoms with Gasteiger partial charge in [-0.15, -0.1) is 0 Å². The highest BCUT2D eigenvalue weighted by Gasteiger charge is 2.15. The molecule has 0 radical (unpaired) electrons. The smallest absolute Gasteiger partial charge is 0.252 e. The maximum atomic E-state index is 12.0. The number of carbonyl (C=O) groups is 1. The fourth-order valence-electron chi connectivity index (χ4n) is 3.26. The lowest BCUT2D eigenvalue weighted by Gasteiger charge is -2.18. The number of benzene rings is 1. The van der Waals surface area contributed by atoms with Gasteiger partial charge in [-0.1, -0.05) is 38.8 Å². The number of anilines is 1. The molecule has 0 atom stereocenters. The summed E-state index contributed by atoms with van der Waals surface area (Å²) in [7, 11) is 0. The van der Waals surface area contributed by atoms with Crippen LogP contribution in [0.15, 0.2) is 42.7 Å². The van der Waals surface area contributed by atoms with Gasteiger partial charge >= 0.3 is 0 Å². The largest absolute Gasteiger partial charge is 0.390 e. The highest BCUT2D eigenvalue weighted by Crippen LogP contribution is 2.31. The molecule has 0 aliphatic carbocycles. The second-order valence-corrected chi connectivity index (χ2v) is 6.90. The van der Waals surface area contributed by atoms with Crippen molar-refractivity contribution in [2.24, 2.45) is 11.7 Å². The van der Waals surface area contributed by atoms with Crippen molar-refractivity contribution in [3.63, 3.8) is 0 Å². The number of nitrogens with one attached hydrogen (secondary N) is 1. The summed E-state index contributed by atoms with van der Waals surface area (Å²) in [6.45, 7) is 5.00. The summed E-state index contributed by atoms with van der Waals surface area (Å²) in [6, 6.07) is 9.61. The normalized spacial score (nSPS) is 11.1. The van der Waals surface area contributed by atoms with Gasteiger partial charge in [0.1, 0.15) is 0 Å². The van der Waals surface area contributed by atoms with Crippen LogP contribution in [0.5, 0.6) is 0 Å². The van der Waals surface area contributed by atoms with Gasteiger partial charge in [-0.3, -0.25) is 14.8 Å². The number of nitrogens with two attached hydrogens (primary N) is 1. The molecule has 0 unspecified atom stereocenters. The lowest BCUT2D eigenvalue weighted by atomic mass is 10.0. The molecule has 4 N–H and O–H groups in total. The van der Waals surface area contributed by atoms with Crippen LogP contribution in [0.25, 0.3) is 22.0 Å². The first kappa shape index (κ1) is 19.8. The number of aromatic nitrogens is 2. The number of amides is 1. The molecule has 2 heterocycles. The van der Waals surface area contributed by atoms with E-state index in [-0.39, 0.29) is 6.61 Å². The summed E-state index contributed by atoms with van der Waals surface area (Å²) in [5.41, 5.74) is 10.0. The van der Waals surface area contributed by atoms with Crippen LogP contribution in [0.4, 0.5) is 5.69 Å². The minimum atomic E-state index is -0.499. The Balaban J connectivity index is 2.08. The number of carbonyl (C=O) groups excluding carboxylic acids is 1. The van der Waals surface area contributed by atoms with Crippen LogP contribution < -0.4 is 11.1 Å². The Labute approximate surface area is 164 Å². The van der Waals surface area contributed by atoms with Crippen LogP contribution in [0.2, 0.25) is 0 Å². The average molecular weight is 378 g/mol. The summed E-state index contributed by atoms with van der Waals surface area (Å²) >= 11 is 0. The van der Waals surface area contributed by atoms with Crippen molar-refractivity contribution >= 4 is 22.5 Å². The number of aliphatic hydroxyl groups is 1. The van der Waals surface area contributed by atoms with Gasteiger partial charge < -0.3 is 16.2 Å². The Hall–Kier alpha value is -2.99. The first-order chi connectivity index (χ1) is 13.6. The molecule has 146 valence electrons. The van der Waals surface area contributed by atoms with Crippen LogP contribution in [0, 0.1) is 5.92 Å². The van der Waals surface area contributed by atoms with E-state index in [9.17, 15) is 9.90 Å². The van der Waals surface area contributed by atoms with Crippen molar-refractivity contribution in [2.45, 2.75) is 33.3 Å². The Bertz CT molecular complexity index is 966. The molecule has 1 aromatic carbocycles. The fraction of sp³-hybridized carbons (Fsp3) is 0.318. The van der Waals surface area contributed by atoms with Gasteiger partial charge in [0.05, 0.1) is 29.1 Å². The van der Waals surface area contributed by atoms with Gasteiger partial charge in [0.2, 0.25) is 0 Å². The molecule has 0 spiro atoms. The predicted octanol–water partition coefficient (Wildman–Crippen LogP) is 3.74. The molecule has 0 saturated carbocycles. The molecule has 0 bridgehead atoms. The number of nitrogens with zero attached hydrogens (tertiary/aromatic N) is 2. The molecule has 1 amide bonds. The van der Waals surface area contributed by atoms with E-state index in [1.165, 1.54) is 6.20 Å². The minimum absolute atomic E-state index is 0.0893. The number of hydrogen-bond donors (Lipinski definition) is 3. The standard InChI is InChI=1S/C22H26N4O2/c1-3-14(4-2)10-26-21-18-9-15(16-5-7-17(13-27)24-11-16)6-8-20(18)25-12-19(21)22(23)28/h5-9,11-12,14,27H,3-4,10,13H2,1-2H3,(H2,23,28)(H,25,26). The number of fused-ring (bicyclic) bond motifs is 1. The Morgan fingerprint density at radius 1 is 1.11 bits per heavy atom. The molecule has 28 heavy (non-hydrogen) atoms. The van der Waals surface area contributed by atoms with E-state index in [4.69, 9.17) is 5.73 Å². The molecule has 3 aromatic rings. The van der Waals surface area contributed by atoms with Crippen LogP contribution in [-0.2, 0) is 6.61 Å². The van der Waals surface area contributed by atoms with E-state index in [0.29, 0.717) is 17.2 Å². The number of rotatable bonds is 8. The first-order valence-electron chi connectivity index (χ1n) is 9.59. The summed E-state index contributed by atoms with van der Waals surface area (Å²) < 4.78 is 0. The number of hydrogen-bond acceptors (Lipinski definition) is 5. The molecule has 0 aliphatic rings. The van der Waals surface area contributed by atoms with E-state index in [0.717, 1.165) is 47.1 Å². The molecule has 3 rings (SSSR count). The van der Waals surface area contributed by atoms with Crippen LogP contribution in [0.1, 0.15) is 42.7 Å². The van der Waals surface area contributed by atoms with Crippen LogP contribution in [-0.4, -0.2) is 27.5 Å². The Morgan fingerprint density at radius 3 is 2.46 bits per heavy atom. The summed E-state index contributed by atoms with van der Waals surface area (Å²) in [6.07, 6.45) is 5.39. The van der Waals surface area contributed by atoms with Crippen molar-refractivity contribution < 1.29 is 9.90 Å². The molecule has 0 fully saturated rings. The zero-order valence-corrected chi connectivity index (χ0v) is 16.3. The summed E-state index contributed by atoms with van der Waals surface area (Å²) in [5, 5.41) is 13.5. The zero-order valence-electron chi connectivity index (χ0n) is 16.3. The van der Waals surface area contributed by atoms with Crippen molar-refractivity contribution in [2.75, 3.05) is 11.9 Å². The van der Waals surface area contributed by atoms with Gasteiger partial charge in [-0.05, 0) is 29.7 Å². The maximum Gasteiger partial charge on any atom is 0.252 e. The van der Waals surface area contributed by atoms with Gasteiger partial charge in [-0.2, -0.15) is 0 Å². The van der Waals surface area contributed by atoms with E-state index in [1.807, 2.05) is 24.3 Å². The Kier molecular flexibility index (Phi) is 6.21. The van der Waals surface area contributed by atoms with Crippen LogP contribution in [0.3, 0.4) is 0 Å². The topological polar surface area (TPSA) is 101 Å². The zero-order chi connectivity index (χ0) is 20.1. The number of pyridine rings is 2. The average Bonchev–Trinajstić information content (AvgIpc) is 2.73. The maximum absolute atomic E-state index is 12.0. The molecular formula is C22H26N4O2. The third-order valence-corrected chi connectivity index (χ3v) is 5.18. The molecule has 0 aliphatic heterocycles. The SMILES string of the molecule is CCC(CC)CNc1c(C(N)=O)cnc2ccc(-c3ccc(CO)nc3)cc12. The van der Waals surface area contributed by atoms with Gasteiger partial charge in [0, 0.05) is 29.9 Å². The monoisotopic (exact) mass is 378 g/mol. The quantitative estimate of drug-likeness (QED) is 0.554. The third kappa shape index (κ3) is 4.12. The van der Waals surface area contributed by atoms with Crippen molar-refractivity contribution in [1.29, 1.82) is 0 Å². The Morgan fingerprint density at radius 2 is 1.86 bits per heavy atom. The van der Waals surface area contributed by atoms with E-state index >= 15 is 0 Å². The molecular weight excluding hydrogens is 352 g/mol. The molecule has 2 aromatic heterocycles. The number of primary amides is 1. The fourth-order valence-corrected chi connectivity index (χ4v) is 3.26. The molecule has 0 saturated heterocycles. The first-order valence-corrected chi connectivity index (χ1v) is 9.59. The lowest BCUT2D eigenvalue weighted by molar-refractivity contribution is 0.100. The van der Waals surface area contributed by atoms with Crippen molar-refractivity contribution in [3.05, 3.63) is 54.0 Å². The van der Waals surface area contributed by atoms with Crippen molar-refractivity contribution in [1.82, 2.24) is 9.97 Å². The number of aliphatic hydroxyl groups excluding tert-OH is 1. The lowest BCUT2D eigenvalue weighted by Crippen LogP contribution is -2.18. The summed E-state index contributed by atoms with van der Waals surface area (Å²) in [5.74, 6) is 0.0168. The predicted molar refractivity (Wildman–Crippen MR) is 112 cm³/mol. The second kappa shape index (κ2) is 8.80. The van der Waals surface area contributed by atoms with Gasteiger partial charge in [0.15, 0.2) is 0 Å². The second-order valence-electron chi connectivity index (χ2n) is 6.90. The van der Waals surface area contributed by atoms with E-state index in [1.54, 1.807) is 12.3 Å². The molecule has 6 nitrogen and oxygen atoms in total. The highest BCUT2D eigenvalue weighted by molar-refractivity contribution is 6.07. The highest BCUT2D eigenvalue weighted by atomic mass is 16.3. The van der Waals surface area contributed by atoms with E-state index < -0.39 is 5.91 Å².